The van der Waals surface area contributed by atoms with Gasteiger partial charge in [0.1, 0.15) is 12.4 Å². The van der Waals surface area contributed by atoms with Gasteiger partial charge in [0.05, 0.1) is 37.6 Å². The molecule has 9 heteroatoms. The molecule has 3 aliphatic heterocycles. The summed E-state index contributed by atoms with van der Waals surface area (Å²) >= 11 is 10.3. The molecule has 3 aliphatic rings. The molecule has 1 spiro atoms. The van der Waals surface area contributed by atoms with Crippen LogP contribution in [0.15, 0.2) is 30.1 Å². The van der Waals surface area contributed by atoms with Gasteiger partial charge in [-0.1, -0.05) is 31.7 Å². The number of hydrogen-bond acceptors (Lipinski definition) is 7. The number of anilines is 1. The summed E-state index contributed by atoms with van der Waals surface area (Å²) < 4.78 is 15.9. The number of rotatable bonds is 4. The summed E-state index contributed by atoms with van der Waals surface area (Å²) in [6.07, 6.45) is 1.08. The molecule has 1 atom stereocenters. The molecule has 5 heterocycles. The maximum absolute atomic E-state index is 9.76. The summed E-state index contributed by atoms with van der Waals surface area (Å²) in [7, 11) is 1.16. The zero-order valence-electron chi connectivity index (χ0n) is 20.2. The monoisotopic (exact) mass is 548 g/mol. The lowest BCUT2D eigenvalue weighted by atomic mass is 9.92. The number of fused-ring (bicyclic) bond motifs is 2. The van der Waals surface area contributed by atoms with Crippen molar-refractivity contribution in [1.29, 1.82) is 0 Å². The molecule has 6 rings (SSSR count). The minimum Gasteiger partial charge on any atom is -0.489 e. The molecule has 2 saturated heterocycles. The molecule has 5 nitrogen and oxygen atoms in total. The van der Waals surface area contributed by atoms with Gasteiger partial charge in [-0.05, 0) is 51.2 Å². The van der Waals surface area contributed by atoms with E-state index in [-0.39, 0.29) is 16.9 Å². The molecule has 2 aromatic heterocycles. The maximum Gasteiger partial charge on any atom is 0.144 e. The molecular weight excluding hydrogens is 519 g/mol. The van der Waals surface area contributed by atoms with E-state index in [1.165, 1.54) is 15.4 Å². The van der Waals surface area contributed by atoms with E-state index in [1.54, 1.807) is 11.3 Å². The maximum atomic E-state index is 9.76. The highest BCUT2D eigenvalue weighted by atomic mass is 35.5. The summed E-state index contributed by atoms with van der Waals surface area (Å²) in [4.78, 5) is 3.56. The second-order valence-electron chi connectivity index (χ2n) is 10.6. The van der Waals surface area contributed by atoms with Gasteiger partial charge in [-0.2, -0.15) is 0 Å². The van der Waals surface area contributed by atoms with E-state index >= 15 is 0 Å². The predicted molar refractivity (Wildman–Crippen MR) is 150 cm³/mol. The van der Waals surface area contributed by atoms with Crippen molar-refractivity contribution in [2.24, 2.45) is 0 Å². The average Bonchev–Trinajstić information content (AvgIpc) is 3.38. The summed E-state index contributed by atoms with van der Waals surface area (Å²) in [6, 6.07) is 8.75. The Balaban J connectivity index is 1.44. The van der Waals surface area contributed by atoms with Crippen LogP contribution in [-0.2, 0) is 11.3 Å². The Labute approximate surface area is 221 Å². The van der Waals surface area contributed by atoms with Gasteiger partial charge in [0.15, 0.2) is 0 Å². The van der Waals surface area contributed by atoms with Crippen molar-refractivity contribution >= 4 is 58.6 Å². The fourth-order valence-electron chi connectivity index (χ4n) is 5.46. The van der Waals surface area contributed by atoms with Crippen LogP contribution in [0.5, 0.6) is 5.75 Å². The molecular formula is C26H30ClN2O3PS2. The van der Waals surface area contributed by atoms with Crippen LogP contribution in [0.2, 0.25) is 5.02 Å². The summed E-state index contributed by atoms with van der Waals surface area (Å²) in [5.41, 5.74) is 3.54. The number of thiophene rings is 1. The lowest BCUT2D eigenvalue weighted by Crippen LogP contribution is -2.57. The van der Waals surface area contributed by atoms with Gasteiger partial charge in [0, 0.05) is 54.2 Å². The summed E-state index contributed by atoms with van der Waals surface area (Å²) in [5.74, 6) is 3.05. The van der Waals surface area contributed by atoms with Crippen LogP contribution in [0.1, 0.15) is 32.1 Å². The normalized spacial score (nSPS) is 22.1. The van der Waals surface area contributed by atoms with Crippen LogP contribution >= 0.6 is 43.1 Å². The van der Waals surface area contributed by atoms with Crippen molar-refractivity contribution in [2.75, 3.05) is 37.8 Å². The Morgan fingerprint density at radius 2 is 2.09 bits per heavy atom. The van der Waals surface area contributed by atoms with Gasteiger partial charge >= 0.3 is 0 Å². The minimum absolute atomic E-state index is 0.0663. The van der Waals surface area contributed by atoms with Gasteiger partial charge in [0.2, 0.25) is 0 Å². The number of benzene rings is 1. The molecule has 3 aromatic rings. The number of aliphatic hydroxyl groups excluding tert-OH is 1. The second kappa shape index (κ2) is 9.05. The zero-order valence-corrected chi connectivity index (χ0v) is 23.5. The number of ether oxygens (including phenoxy) is 2. The Kier molecular flexibility index (Phi) is 6.29. The molecule has 1 aromatic carbocycles. The number of nitrogens with zero attached hydrogens (tertiary/aromatic N) is 2. The minimum atomic E-state index is 0.0663. The van der Waals surface area contributed by atoms with E-state index in [0.717, 1.165) is 62.8 Å². The quantitative estimate of drug-likeness (QED) is 0.362. The van der Waals surface area contributed by atoms with Gasteiger partial charge in [-0.15, -0.1) is 11.3 Å². The Hall–Kier alpha value is -1.05. The van der Waals surface area contributed by atoms with E-state index in [1.807, 2.05) is 18.0 Å². The zero-order chi connectivity index (χ0) is 24.4. The first-order valence-electron chi connectivity index (χ1n) is 12.0. The van der Waals surface area contributed by atoms with Crippen LogP contribution < -0.4 is 9.64 Å². The third kappa shape index (κ3) is 4.37. The molecule has 0 bridgehead atoms. The van der Waals surface area contributed by atoms with Crippen LogP contribution in [0.3, 0.4) is 0 Å². The average molecular weight is 549 g/mol. The number of aliphatic hydroxyl groups is 1. The largest absolute Gasteiger partial charge is 0.489 e. The van der Waals surface area contributed by atoms with Gasteiger partial charge in [-0.25, -0.2) is 4.31 Å². The van der Waals surface area contributed by atoms with Crippen LogP contribution in [0, 0.1) is 0 Å². The lowest BCUT2D eigenvalue weighted by molar-refractivity contribution is -0.0939. The van der Waals surface area contributed by atoms with E-state index in [9.17, 15) is 5.11 Å². The van der Waals surface area contributed by atoms with Gasteiger partial charge < -0.3 is 19.5 Å². The highest BCUT2D eigenvalue weighted by Crippen LogP contribution is 2.51. The van der Waals surface area contributed by atoms with Crippen molar-refractivity contribution < 1.29 is 14.6 Å². The van der Waals surface area contributed by atoms with Crippen molar-refractivity contribution in [1.82, 2.24) is 4.31 Å². The highest BCUT2D eigenvalue weighted by molar-refractivity contribution is 7.98. The lowest BCUT2D eigenvalue weighted by Gasteiger charge is -2.46. The van der Waals surface area contributed by atoms with E-state index in [4.69, 9.17) is 21.1 Å². The third-order valence-corrected chi connectivity index (χ3v) is 10.7. The number of halogens is 1. The van der Waals surface area contributed by atoms with Crippen molar-refractivity contribution in [3.63, 3.8) is 0 Å². The van der Waals surface area contributed by atoms with Crippen LogP contribution in [0.4, 0.5) is 5.69 Å². The molecule has 1 unspecified atom stereocenters. The molecule has 2 fully saturated rings. The Morgan fingerprint density at radius 1 is 1.26 bits per heavy atom. The molecule has 1 N–H and O–H groups in total. The van der Waals surface area contributed by atoms with Crippen LogP contribution in [0.25, 0.3) is 20.9 Å². The Bertz CT molecular complexity index is 1270. The fourth-order valence-corrected chi connectivity index (χ4v) is 9.14. The molecule has 0 aliphatic carbocycles. The van der Waals surface area contributed by atoms with Crippen LogP contribution in [-0.4, -0.2) is 58.6 Å². The fraction of sp³-hybridized carbons (Fsp3) is 0.500. The van der Waals surface area contributed by atoms with Gasteiger partial charge in [0.25, 0.3) is 0 Å². The molecule has 35 heavy (non-hydrogen) atoms. The van der Waals surface area contributed by atoms with E-state index in [0.29, 0.717) is 17.7 Å². The summed E-state index contributed by atoms with van der Waals surface area (Å²) in [6.45, 7) is 11.0. The summed E-state index contributed by atoms with van der Waals surface area (Å²) in [5, 5.41) is 11.7. The first-order valence-corrected chi connectivity index (χ1v) is 15.0. The molecule has 0 amide bonds. The first kappa shape index (κ1) is 24.3. The molecule has 0 saturated carbocycles. The topological polar surface area (TPSA) is 45.2 Å². The first-order chi connectivity index (χ1) is 16.8. The second-order valence-corrected chi connectivity index (χ2v) is 15.1. The highest BCUT2D eigenvalue weighted by Gasteiger charge is 2.54. The smallest absolute Gasteiger partial charge is 0.144 e. The predicted octanol–water partition coefficient (Wildman–Crippen LogP) is 6.78. The van der Waals surface area contributed by atoms with E-state index in [2.05, 4.69) is 54.0 Å². The van der Waals surface area contributed by atoms with E-state index < -0.39 is 0 Å². The molecule has 0 radical (unpaired) electrons. The van der Waals surface area contributed by atoms with Crippen molar-refractivity contribution in [3.8, 4) is 16.9 Å². The SMILES string of the molecule is CC(C)(C)SN1CC(N2CCOc3cc(Cl)cc(-c4ccpc5cc(CO)sc45)c32)CC12COC2. The Morgan fingerprint density at radius 3 is 2.80 bits per heavy atom. The van der Waals surface area contributed by atoms with Gasteiger partial charge in [-0.3, -0.25) is 0 Å². The standard InChI is InChI=1S/C26H30ClN2O3PS2/c1-25(2,3)35-29-12-17(11-26(29)14-31-15-26)28-5-6-32-21-9-16(27)8-20(23(21)28)19-4-7-33-22-10-18(13-30)34-24(19)22/h4,7-10,17,30H,5-6,11-15H2,1-3H3. The third-order valence-electron chi connectivity index (χ3n) is 6.91. The van der Waals surface area contributed by atoms with Crippen molar-refractivity contribution in [2.45, 2.75) is 50.1 Å². The van der Waals surface area contributed by atoms with Crippen molar-refractivity contribution in [3.05, 3.63) is 40.0 Å². The number of hydrogen-bond donors (Lipinski definition) is 1. The molecule has 186 valence electrons.